The molecule has 0 spiro atoms. The number of nitrogens with zero attached hydrogens (tertiary/aromatic N) is 1. The molecule has 0 atom stereocenters. The molecule has 0 amide bonds. The Morgan fingerprint density at radius 2 is 2.06 bits per heavy atom. The van der Waals surface area contributed by atoms with E-state index in [0.29, 0.717) is 0 Å². The third-order valence-electron chi connectivity index (χ3n) is 2.95. The molecule has 2 aromatic rings. The highest BCUT2D eigenvalue weighted by Crippen LogP contribution is 2.22. The Kier molecular flexibility index (Phi) is 4.20. The third-order valence-corrected chi connectivity index (χ3v) is 3.71. The van der Waals surface area contributed by atoms with Gasteiger partial charge in [-0.25, -0.2) is 0 Å². The molecular formula is C14H16INO. The number of ketones is 1. The largest absolute Gasteiger partial charge is 0.347 e. The first-order chi connectivity index (χ1) is 8.24. The van der Waals surface area contributed by atoms with Crippen molar-refractivity contribution in [1.82, 2.24) is 4.57 Å². The van der Waals surface area contributed by atoms with E-state index in [0.717, 1.165) is 17.5 Å². The average molecular weight is 341 g/mol. The van der Waals surface area contributed by atoms with Gasteiger partial charge in [0.1, 0.15) is 0 Å². The van der Waals surface area contributed by atoms with Crippen molar-refractivity contribution in [1.29, 1.82) is 0 Å². The number of para-hydroxylation sites is 1. The molecule has 0 radical (unpaired) electrons. The molecule has 0 bridgehead atoms. The summed E-state index contributed by atoms with van der Waals surface area (Å²) in [6, 6.07) is 8.14. The summed E-state index contributed by atoms with van der Waals surface area (Å²) in [5.41, 5.74) is 2.02. The Bertz CT molecular complexity index is 530. The number of benzene rings is 1. The van der Waals surface area contributed by atoms with Crippen LogP contribution in [0.4, 0.5) is 0 Å². The third kappa shape index (κ3) is 2.70. The maximum absolute atomic E-state index is 11.6. The topological polar surface area (TPSA) is 22.0 Å². The van der Waals surface area contributed by atoms with Crippen molar-refractivity contribution >= 4 is 39.3 Å². The summed E-state index contributed by atoms with van der Waals surface area (Å²) in [6.45, 7) is 2.63. The van der Waals surface area contributed by atoms with Gasteiger partial charge in [-0.3, -0.25) is 4.79 Å². The number of hydrogen-bond donors (Lipinski definition) is 0. The van der Waals surface area contributed by atoms with Crippen molar-refractivity contribution < 1.29 is 4.79 Å². The van der Waals surface area contributed by atoms with Gasteiger partial charge < -0.3 is 4.57 Å². The van der Waals surface area contributed by atoms with E-state index >= 15 is 0 Å². The molecule has 1 aromatic heterocycles. The predicted octanol–water partition coefficient (Wildman–Crippen LogP) is 4.06. The van der Waals surface area contributed by atoms with Gasteiger partial charge in [-0.05, 0) is 30.3 Å². The number of carbonyl (C=O) groups excluding carboxylic acids is 1. The van der Waals surface area contributed by atoms with Crippen molar-refractivity contribution in [2.45, 2.75) is 26.3 Å². The summed E-state index contributed by atoms with van der Waals surface area (Å²) in [6.07, 6.45) is 4.39. The zero-order valence-electron chi connectivity index (χ0n) is 9.95. The number of Topliss-reactive ketones (excluding diaryl/α,β-unsaturated/α-hetero) is 1. The molecule has 90 valence electrons. The zero-order valence-corrected chi connectivity index (χ0v) is 12.1. The lowest BCUT2D eigenvalue weighted by Crippen LogP contribution is -1.96. The fourth-order valence-corrected chi connectivity index (χ4v) is 2.63. The first kappa shape index (κ1) is 12.6. The van der Waals surface area contributed by atoms with Gasteiger partial charge in [0, 0.05) is 29.2 Å². The van der Waals surface area contributed by atoms with E-state index in [1.807, 2.05) is 24.4 Å². The van der Waals surface area contributed by atoms with E-state index in [1.54, 1.807) is 6.92 Å². The molecule has 0 saturated heterocycles. The molecule has 2 rings (SSSR count). The molecule has 0 aliphatic rings. The van der Waals surface area contributed by atoms with Crippen molar-refractivity contribution in [3.63, 3.8) is 0 Å². The number of alkyl halides is 1. The van der Waals surface area contributed by atoms with Crippen LogP contribution in [-0.2, 0) is 6.54 Å². The number of rotatable bonds is 5. The normalized spacial score (nSPS) is 10.9. The van der Waals surface area contributed by atoms with Crippen LogP contribution in [0.25, 0.3) is 10.9 Å². The Morgan fingerprint density at radius 1 is 1.29 bits per heavy atom. The summed E-state index contributed by atoms with van der Waals surface area (Å²) in [7, 11) is 0. The van der Waals surface area contributed by atoms with Crippen LogP contribution in [0.1, 0.15) is 30.1 Å². The van der Waals surface area contributed by atoms with Gasteiger partial charge in [0.2, 0.25) is 0 Å². The van der Waals surface area contributed by atoms with Crippen molar-refractivity contribution in [2.24, 2.45) is 0 Å². The quantitative estimate of drug-likeness (QED) is 0.348. The van der Waals surface area contributed by atoms with Crippen LogP contribution in [0.15, 0.2) is 30.5 Å². The summed E-state index contributed by atoms with van der Waals surface area (Å²) < 4.78 is 3.40. The van der Waals surface area contributed by atoms with Gasteiger partial charge in [0.25, 0.3) is 0 Å². The molecule has 2 nitrogen and oxygen atoms in total. The maximum Gasteiger partial charge on any atom is 0.161 e. The van der Waals surface area contributed by atoms with Gasteiger partial charge in [-0.1, -0.05) is 40.8 Å². The molecule has 1 aromatic carbocycles. The smallest absolute Gasteiger partial charge is 0.161 e. The van der Waals surface area contributed by atoms with Crippen LogP contribution >= 0.6 is 22.6 Å². The second-order valence-corrected chi connectivity index (χ2v) is 5.28. The van der Waals surface area contributed by atoms with E-state index in [4.69, 9.17) is 0 Å². The lowest BCUT2D eigenvalue weighted by molar-refractivity contribution is 0.101. The van der Waals surface area contributed by atoms with E-state index in [-0.39, 0.29) is 5.78 Å². The Labute approximate surface area is 115 Å². The highest BCUT2D eigenvalue weighted by molar-refractivity contribution is 14.1. The molecule has 3 heteroatoms. The SMILES string of the molecule is CC(=O)c1cn(CCCCI)c2ccccc12. The predicted molar refractivity (Wildman–Crippen MR) is 80.1 cm³/mol. The molecule has 0 aliphatic carbocycles. The van der Waals surface area contributed by atoms with Crippen LogP contribution in [0.3, 0.4) is 0 Å². The van der Waals surface area contributed by atoms with Crippen LogP contribution in [0.5, 0.6) is 0 Å². The molecule has 0 fully saturated rings. The van der Waals surface area contributed by atoms with Crippen LogP contribution in [-0.4, -0.2) is 14.8 Å². The summed E-state index contributed by atoms with van der Waals surface area (Å²) in [4.78, 5) is 11.6. The van der Waals surface area contributed by atoms with E-state index in [1.165, 1.54) is 22.8 Å². The lowest BCUT2D eigenvalue weighted by atomic mass is 10.1. The number of fused-ring (bicyclic) bond motifs is 1. The maximum atomic E-state index is 11.6. The summed E-state index contributed by atoms with van der Waals surface area (Å²) >= 11 is 2.40. The van der Waals surface area contributed by atoms with Crippen LogP contribution in [0, 0.1) is 0 Å². The molecule has 1 heterocycles. The Hall–Kier alpha value is -0.840. The minimum Gasteiger partial charge on any atom is -0.347 e. The lowest BCUT2D eigenvalue weighted by Gasteiger charge is -2.03. The average Bonchev–Trinajstić information content (AvgIpc) is 2.69. The number of hydrogen-bond acceptors (Lipinski definition) is 1. The van der Waals surface area contributed by atoms with E-state index < -0.39 is 0 Å². The van der Waals surface area contributed by atoms with Gasteiger partial charge >= 0.3 is 0 Å². The number of unbranched alkanes of at least 4 members (excludes halogenated alkanes) is 1. The number of aryl methyl sites for hydroxylation is 1. The van der Waals surface area contributed by atoms with E-state index in [9.17, 15) is 4.79 Å². The van der Waals surface area contributed by atoms with Crippen molar-refractivity contribution in [3.05, 3.63) is 36.0 Å². The van der Waals surface area contributed by atoms with Crippen LogP contribution in [0.2, 0.25) is 0 Å². The molecule has 17 heavy (non-hydrogen) atoms. The molecule has 0 saturated carbocycles. The summed E-state index contributed by atoms with van der Waals surface area (Å²) in [5.74, 6) is 0.147. The number of aromatic nitrogens is 1. The summed E-state index contributed by atoms with van der Waals surface area (Å²) in [5, 5.41) is 1.08. The monoisotopic (exact) mass is 341 g/mol. The van der Waals surface area contributed by atoms with Crippen LogP contribution < -0.4 is 0 Å². The van der Waals surface area contributed by atoms with Gasteiger partial charge in [-0.2, -0.15) is 0 Å². The Morgan fingerprint density at radius 3 is 2.76 bits per heavy atom. The highest BCUT2D eigenvalue weighted by Gasteiger charge is 2.10. The first-order valence-corrected chi connectivity index (χ1v) is 7.41. The molecule has 0 unspecified atom stereocenters. The fraction of sp³-hybridized carbons (Fsp3) is 0.357. The molecule has 0 N–H and O–H groups in total. The minimum absolute atomic E-state index is 0.147. The molecule has 0 aliphatic heterocycles. The zero-order chi connectivity index (χ0) is 12.3. The van der Waals surface area contributed by atoms with Gasteiger partial charge in [0.15, 0.2) is 5.78 Å². The standard InChI is InChI=1S/C14H16INO/c1-11(17)13-10-16(9-5-4-8-15)14-7-3-2-6-12(13)14/h2-3,6-7,10H,4-5,8-9H2,1H3. The second kappa shape index (κ2) is 5.67. The molecular weight excluding hydrogens is 325 g/mol. The Balaban J connectivity index is 2.38. The number of halogens is 1. The van der Waals surface area contributed by atoms with Gasteiger partial charge in [0.05, 0.1) is 0 Å². The number of carbonyl (C=O) groups is 1. The van der Waals surface area contributed by atoms with Crippen molar-refractivity contribution in [3.8, 4) is 0 Å². The van der Waals surface area contributed by atoms with Crippen molar-refractivity contribution in [2.75, 3.05) is 4.43 Å². The van der Waals surface area contributed by atoms with Gasteiger partial charge in [-0.15, -0.1) is 0 Å². The van der Waals surface area contributed by atoms with E-state index in [2.05, 4.69) is 33.2 Å². The minimum atomic E-state index is 0.147. The highest BCUT2D eigenvalue weighted by atomic mass is 127. The first-order valence-electron chi connectivity index (χ1n) is 5.89. The second-order valence-electron chi connectivity index (χ2n) is 4.21. The fourth-order valence-electron chi connectivity index (χ4n) is 2.09.